The van der Waals surface area contributed by atoms with Crippen molar-refractivity contribution < 1.29 is 9.64 Å². The highest BCUT2D eigenvalue weighted by atomic mass is 32.1. The van der Waals surface area contributed by atoms with E-state index in [-0.39, 0.29) is 0 Å². The number of hydrogen-bond acceptors (Lipinski definition) is 2. The summed E-state index contributed by atoms with van der Waals surface area (Å²) in [6.45, 7) is 2.82. The maximum absolute atomic E-state index is 5.87. The van der Waals surface area contributed by atoms with Crippen LogP contribution in [0.15, 0.2) is 84.9 Å². The predicted octanol–water partition coefficient (Wildman–Crippen LogP) is 4.21. The van der Waals surface area contributed by atoms with Gasteiger partial charge in [-0.3, -0.25) is 0 Å². The largest absolute Gasteiger partial charge is 0.457 e. The van der Waals surface area contributed by atoms with Crippen LogP contribution >= 0.6 is 12.2 Å². The quantitative estimate of drug-likeness (QED) is 0.508. The van der Waals surface area contributed by atoms with E-state index < -0.39 is 0 Å². The van der Waals surface area contributed by atoms with Gasteiger partial charge in [-0.1, -0.05) is 48.5 Å². The summed E-state index contributed by atoms with van der Waals surface area (Å²) in [5.41, 5.74) is 2.21. The molecule has 0 radical (unpaired) electrons. The van der Waals surface area contributed by atoms with Crippen molar-refractivity contribution in [3.63, 3.8) is 0 Å². The van der Waals surface area contributed by atoms with E-state index in [0.29, 0.717) is 0 Å². The summed E-state index contributed by atoms with van der Waals surface area (Å²) in [4.78, 5) is 3.68. The fraction of sp³-hybridized carbons (Fsp3) is 0.240. The van der Waals surface area contributed by atoms with Crippen LogP contribution in [0.1, 0.15) is 12.0 Å². The lowest BCUT2D eigenvalue weighted by atomic mass is 10.2. The van der Waals surface area contributed by atoms with Gasteiger partial charge in [0, 0.05) is 25.2 Å². The van der Waals surface area contributed by atoms with Gasteiger partial charge < -0.3 is 19.9 Å². The van der Waals surface area contributed by atoms with Gasteiger partial charge in [-0.2, -0.15) is 0 Å². The summed E-state index contributed by atoms with van der Waals surface area (Å²) < 4.78 is 5.87. The minimum absolute atomic E-state index is 0.740. The zero-order valence-electron chi connectivity index (χ0n) is 17.7. The van der Waals surface area contributed by atoms with E-state index in [4.69, 9.17) is 17.0 Å². The van der Waals surface area contributed by atoms with Crippen LogP contribution in [0.2, 0.25) is 0 Å². The Kier molecular flexibility index (Phi) is 8.24. The summed E-state index contributed by atoms with van der Waals surface area (Å²) in [7, 11) is 4.36. The smallest absolute Gasteiger partial charge is 0.173 e. The maximum Gasteiger partial charge on any atom is 0.173 e. The number of hydrogen-bond donors (Lipinski definition) is 2. The number of anilines is 1. The molecule has 0 saturated carbocycles. The molecule has 0 unspecified atom stereocenters. The molecule has 156 valence electrons. The first-order valence-corrected chi connectivity index (χ1v) is 10.7. The predicted molar refractivity (Wildman–Crippen MR) is 128 cm³/mol. The Morgan fingerprint density at radius 2 is 1.47 bits per heavy atom. The standard InChI is InChI=1S/C25H29N3OS/c1-27(2)18-9-19-28(20-21-10-5-3-6-11-21)25(30)26-22-14-16-24(17-15-22)29-23-12-7-4-8-13-23/h3-8,10-17H,9,18-20H2,1-2H3,(H,26,30)/p+1. The lowest BCUT2D eigenvalue weighted by Crippen LogP contribution is -3.05. The Bertz CT molecular complexity index is 899. The van der Waals surface area contributed by atoms with Gasteiger partial charge in [0.15, 0.2) is 5.11 Å². The zero-order chi connectivity index (χ0) is 21.2. The topological polar surface area (TPSA) is 28.9 Å². The van der Waals surface area contributed by atoms with Crippen molar-refractivity contribution in [2.45, 2.75) is 13.0 Å². The minimum atomic E-state index is 0.740. The van der Waals surface area contributed by atoms with Gasteiger partial charge in [0.25, 0.3) is 0 Å². The molecule has 3 aromatic carbocycles. The molecule has 0 atom stereocenters. The van der Waals surface area contributed by atoms with Gasteiger partial charge in [-0.15, -0.1) is 0 Å². The number of ether oxygens (including phenoxy) is 1. The Morgan fingerprint density at radius 1 is 0.867 bits per heavy atom. The average Bonchev–Trinajstić information content (AvgIpc) is 2.75. The van der Waals surface area contributed by atoms with Crippen LogP contribution in [0.5, 0.6) is 11.5 Å². The van der Waals surface area contributed by atoms with Gasteiger partial charge in [0.1, 0.15) is 11.5 Å². The number of quaternary nitrogens is 1. The van der Waals surface area contributed by atoms with E-state index >= 15 is 0 Å². The summed E-state index contributed by atoms with van der Waals surface area (Å²) in [5.74, 6) is 1.62. The van der Waals surface area contributed by atoms with Crippen molar-refractivity contribution in [1.29, 1.82) is 0 Å². The number of benzene rings is 3. The molecule has 0 aliphatic rings. The molecule has 2 N–H and O–H groups in total. The monoisotopic (exact) mass is 420 g/mol. The van der Waals surface area contributed by atoms with Gasteiger partial charge in [0.05, 0.1) is 20.6 Å². The third kappa shape index (κ3) is 7.17. The maximum atomic E-state index is 5.87. The SMILES string of the molecule is C[NH+](C)CCCN(Cc1ccccc1)C(=S)Nc1ccc(Oc2ccccc2)cc1. The molecule has 0 saturated heterocycles. The number of nitrogens with one attached hydrogen (secondary N) is 2. The highest BCUT2D eigenvalue weighted by Crippen LogP contribution is 2.23. The van der Waals surface area contributed by atoms with Crippen LogP contribution in [-0.4, -0.2) is 37.2 Å². The van der Waals surface area contributed by atoms with Gasteiger partial charge in [-0.25, -0.2) is 0 Å². The summed E-state index contributed by atoms with van der Waals surface area (Å²) in [6.07, 6.45) is 1.08. The molecule has 0 amide bonds. The number of rotatable bonds is 9. The van der Waals surface area contributed by atoms with Crippen LogP contribution < -0.4 is 15.0 Å². The minimum Gasteiger partial charge on any atom is -0.457 e. The highest BCUT2D eigenvalue weighted by molar-refractivity contribution is 7.80. The van der Waals surface area contributed by atoms with E-state index in [1.165, 1.54) is 10.5 Å². The molecule has 0 spiro atoms. The summed E-state index contributed by atoms with van der Waals surface area (Å²) in [6, 6.07) is 28.1. The van der Waals surface area contributed by atoms with E-state index in [2.05, 4.69) is 48.6 Å². The van der Waals surface area contributed by atoms with Crippen LogP contribution in [0.25, 0.3) is 0 Å². The highest BCUT2D eigenvalue weighted by Gasteiger charge is 2.12. The first-order chi connectivity index (χ1) is 14.6. The summed E-state index contributed by atoms with van der Waals surface area (Å²) >= 11 is 5.75. The third-order valence-electron chi connectivity index (χ3n) is 4.69. The van der Waals surface area contributed by atoms with Crippen molar-refractivity contribution in [3.05, 3.63) is 90.5 Å². The first kappa shape index (κ1) is 21.8. The molecule has 0 heterocycles. The third-order valence-corrected chi connectivity index (χ3v) is 5.05. The number of thiocarbonyl (C=S) groups is 1. The van der Waals surface area contributed by atoms with E-state index in [9.17, 15) is 0 Å². The van der Waals surface area contributed by atoms with E-state index in [1.807, 2.05) is 60.7 Å². The van der Waals surface area contributed by atoms with Gasteiger partial charge >= 0.3 is 0 Å². The molecular formula is C25H30N3OS+. The van der Waals surface area contributed by atoms with E-state index in [1.54, 1.807) is 0 Å². The van der Waals surface area contributed by atoms with Crippen molar-refractivity contribution in [2.24, 2.45) is 0 Å². The lowest BCUT2D eigenvalue weighted by Gasteiger charge is -2.26. The van der Waals surface area contributed by atoms with Crippen LogP contribution in [-0.2, 0) is 6.54 Å². The van der Waals surface area contributed by atoms with Crippen molar-refractivity contribution in [1.82, 2.24) is 4.90 Å². The molecule has 3 aromatic rings. The number of nitrogens with zero attached hydrogens (tertiary/aromatic N) is 1. The number of para-hydroxylation sites is 1. The fourth-order valence-corrected chi connectivity index (χ4v) is 3.39. The van der Waals surface area contributed by atoms with Crippen LogP contribution in [0, 0.1) is 0 Å². The van der Waals surface area contributed by atoms with Gasteiger partial charge in [0.2, 0.25) is 0 Å². The molecule has 0 bridgehead atoms. The summed E-state index contributed by atoms with van der Waals surface area (Å²) in [5, 5.41) is 4.13. The first-order valence-electron chi connectivity index (χ1n) is 10.3. The van der Waals surface area contributed by atoms with Crippen molar-refractivity contribution >= 4 is 23.0 Å². The Hall–Kier alpha value is -2.89. The van der Waals surface area contributed by atoms with Crippen molar-refractivity contribution in [3.8, 4) is 11.5 Å². The molecular weight excluding hydrogens is 390 g/mol. The average molecular weight is 421 g/mol. The zero-order valence-corrected chi connectivity index (χ0v) is 18.5. The van der Waals surface area contributed by atoms with Crippen molar-refractivity contribution in [2.75, 3.05) is 32.5 Å². The molecule has 0 aromatic heterocycles. The van der Waals surface area contributed by atoms with Gasteiger partial charge in [-0.05, 0) is 54.2 Å². The normalized spacial score (nSPS) is 10.6. The Morgan fingerprint density at radius 3 is 2.10 bits per heavy atom. The molecule has 0 aliphatic heterocycles. The molecule has 4 nitrogen and oxygen atoms in total. The molecule has 0 fully saturated rings. The molecule has 30 heavy (non-hydrogen) atoms. The van der Waals surface area contributed by atoms with Crippen LogP contribution in [0.4, 0.5) is 5.69 Å². The molecule has 0 aliphatic carbocycles. The molecule has 5 heteroatoms. The Balaban J connectivity index is 1.61. The second-order valence-corrected chi connectivity index (χ2v) is 7.97. The second kappa shape index (κ2) is 11.3. The fourth-order valence-electron chi connectivity index (χ4n) is 3.11. The molecule has 3 rings (SSSR count). The second-order valence-electron chi connectivity index (χ2n) is 7.59. The van der Waals surface area contributed by atoms with Crippen LogP contribution in [0.3, 0.4) is 0 Å². The Labute approximate surface area is 185 Å². The lowest BCUT2D eigenvalue weighted by molar-refractivity contribution is -0.858. The van der Waals surface area contributed by atoms with E-state index in [0.717, 1.165) is 48.4 Å².